The Balaban J connectivity index is 2.21. The van der Waals surface area contributed by atoms with E-state index in [9.17, 15) is 9.90 Å². The van der Waals surface area contributed by atoms with Gasteiger partial charge in [-0.05, 0) is 36.1 Å². The normalized spacial score (nSPS) is 11.1. The zero-order valence-corrected chi connectivity index (χ0v) is 14.4. The van der Waals surface area contributed by atoms with Crippen LogP contribution in [0.15, 0.2) is 24.3 Å². The van der Waals surface area contributed by atoms with Crippen molar-refractivity contribution in [3.05, 3.63) is 29.8 Å². The summed E-state index contributed by atoms with van der Waals surface area (Å²) in [4.78, 5) is 11.6. The van der Waals surface area contributed by atoms with Crippen molar-refractivity contribution < 1.29 is 19.4 Å². The first-order valence-corrected chi connectivity index (χ1v) is 8.22. The van der Waals surface area contributed by atoms with E-state index in [0.717, 1.165) is 24.3 Å². The first-order valence-electron chi connectivity index (χ1n) is 8.22. The summed E-state index contributed by atoms with van der Waals surface area (Å²) >= 11 is 0. The molecule has 4 heteroatoms. The number of aromatic hydroxyl groups is 1. The van der Waals surface area contributed by atoms with Gasteiger partial charge in [0.2, 0.25) is 0 Å². The van der Waals surface area contributed by atoms with E-state index in [1.165, 1.54) is 20.0 Å². The first kappa shape index (κ1) is 19.1. The molecular formula is C19H28O4. The fourth-order valence-electron chi connectivity index (χ4n) is 2.19. The van der Waals surface area contributed by atoms with Crippen molar-refractivity contribution in [2.45, 2.75) is 46.0 Å². The van der Waals surface area contributed by atoms with Crippen LogP contribution in [-0.2, 0) is 9.53 Å². The second-order valence-corrected chi connectivity index (χ2v) is 6.01. The third-order valence-electron chi connectivity index (χ3n) is 3.52. The number of benzene rings is 1. The number of carbonyl (C=O) groups excluding carboxylic acids is 1. The predicted octanol–water partition coefficient (Wildman–Crippen LogP) is 4.56. The highest BCUT2D eigenvalue weighted by Gasteiger charge is 2.03. The molecule has 0 fully saturated rings. The van der Waals surface area contributed by atoms with Crippen LogP contribution in [0.2, 0.25) is 0 Å². The van der Waals surface area contributed by atoms with E-state index in [2.05, 4.69) is 13.8 Å². The summed E-state index contributed by atoms with van der Waals surface area (Å²) in [5.74, 6) is 1.10. The lowest BCUT2D eigenvalue weighted by Crippen LogP contribution is -2.04. The molecule has 0 spiro atoms. The van der Waals surface area contributed by atoms with Crippen LogP contribution in [0.5, 0.6) is 11.5 Å². The summed E-state index contributed by atoms with van der Waals surface area (Å²) in [6.07, 6.45) is 8.46. The summed E-state index contributed by atoms with van der Waals surface area (Å²) in [6, 6.07) is 5.06. The van der Waals surface area contributed by atoms with E-state index in [1.54, 1.807) is 24.3 Å². The smallest absolute Gasteiger partial charge is 0.306 e. The van der Waals surface area contributed by atoms with Crippen molar-refractivity contribution >= 4 is 12.0 Å². The van der Waals surface area contributed by atoms with Crippen LogP contribution in [-0.4, -0.2) is 24.8 Å². The standard InChI is InChI=1S/C19H28O4/c1-15(2)8-5-4-6-10-19(21)23-13-7-9-16-11-12-17(20)18(14-16)22-3/h7,9,11-12,14-15,20H,4-6,8,10,13H2,1-3H3/b9-7+. The van der Waals surface area contributed by atoms with Gasteiger partial charge in [0.05, 0.1) is 7.11 Å². The number of phenolic OH excluding ortho intramolecular Hbond substituents is 1. The zero-order valence-electron chi connectivity index (χ0n) is 14.4. The molecule has 0 unspecified atom stereocenters. The minimum absolute atomic E-state index is 0.105. The van der Waals surface area contributed by atoms with Gasteiger partial charge < -0.3 is 14.6 Å². The Kier molecular flexibility index (Phi) is 8.88. The molecular weight excluding hydrogens is 292 g/mol. The molecule has 0 aliphatic carbocycles. The first-order chi connectivity index (χ1) is 11.0. The molecule has 1 aromatic rings. The van der Waals surface area contributed by atoms with Gasteiger partial charge in [-0.15, -0.1) is 0 Å². The quantitative estimate of drug-likeness (QED) is 0.507. The highest BCUT2D eigenvalue weighted by atomic mass is 16.5. The molecule has 23 heavy (non-hydrogen) atoms. The van der Waals surface area contributed by atoms with Crippen molar-refractivity contribution in [2.75, 3.05) is 13.7 Å². The number of methoxy groups -OCH3 is 1. The van der Waals surface area contributed by atoms with Crippen LogP contribution in [0.25, 0.3) is 6.08 Å². The van der Waals surface area contributed by atoms with Gasteiger partial charge in [-0.3, -0.25) is 4.79 Å². The largest absolute Gasteiger partial charge is 0.504 e. The molecule has 0 amide bonds. The maximum absolute atomic E-state index is 11.6. The van der Waals surface area contributed by atoms with Crippen LogP contribution in [0.4, 0.5) is 0 Å². The van der Waals surface area contributed by atoms with Gasteiger partial charge in [0.15, 0.2) is 11.5 Å². The lowest BCUT2D eigenvalue weighted by atomic mass is 10.0. The van der Waals surface area contributed by atoms with Crippen molar-refractivity contribution in [1.82, 2.24) is 0 Å². The average Bonchev–Trinajstić information content (AvgIpc) is 2.52. The van der Waals surface area contributed by atoms with Gasteiger partial charge in [-0.1, -0.05) is 45.3 Å². The fraction of sp³-hybridized carbons (Fsp3) is 0.526. The summed E-state index contributed by atoms with van der Waals surface area (Å²) in [5.41, 5.74) is 0.879. The molecule has 0 aromatic heterocycles. The molecule has 0 aliphatic heterocycles. The van der Waals surface area contributed by atoms with Gasteiger partial charge in [0.1, 0.15) is 6.61 Å². The van der Waals surface area contributed by atoms with Gasteiger partial charge in [-0.2, -0.15) is 0 Å². The summed E-state index contributed by atoms with van der Waals surface area (Å²) in [7, 11) is 1.51. The van der Waals surface area contributed by atoms with E-state index in [4.69, 9.17) is 9.47 Å². The van der Waals surface area contributed by atoms with Crippen LogP contribution >= 0.6 is 0 Å². The molecule has 0 saturated heterocycles. The van der Waals surface area contributed by atoms with Gasteiger partial charge >= 0.3 is 5.97 Å². The average molecular weight is 320 g/mol. The van der Waals surface area contributed by atoms with Gasteiger partial charge in [-0.25, -0.2) is 0 Å². The highest BCUT2D eigenvalue weighted by molar-refractivity contribution is 5.69. The Hall–Kier alpha value is -1.97. The summed E-state index contributed by atoms with van der Waals surface area (Å²) < 4.78 is 10.2. The highest BCUT2D eigenvalue weighted by Crippen LogP contribution is 2.26. The maximum Gasteiger partial charge on any atom is 0.306 e. The Morgan fingerprint density at radius 3 is 2.74 bits per heavy atom. The van der Waals surface area contributed by atoms with Crippen LogP contribution in [0.1, 0.15) is 51.5 Å². The molecule has 0 atom stereocenters. The van der Waals surface area contributed by atoms with Crippen molar-refractivity contribution in [2.24, 2.45) is 5.92 Å². The number of unbranched alkanes of at least 4 members (excludes halogenated alkanes) is 2. The van der Waals surface area contributed by atoms with Crippen LogP contribution in [0, 0.1) is 5.92 Å². The molecule has 1 aromatic carbocycles. The molecule has 0 bridgehead atoms. The number of hydrogen-bond donors (Lipinski definition) is 1. The van der Waals surface area contributed by atoms with Gasteiger partial charge in [0, 0.05) is 6.42 Å². The Morgan fingerprint density at radius 1 is 1.26 bits per heavy atom. The van der Waals surface area contributed by atoms with E-state index in [0.29, 0.717) is 12.2 Å². The van der Waals surface area contributed by atoms with E-state index in [-0.39, 0.29) is 18.3 Å². The third kappa shape index (κ3) is 8.29. The molecule has 4 nitrogen and oxygen atoms in total. The summed E-state index contributed by atoms with van der Waals surface area (Å²) in [5, 5.41) is 9.51. The lowest BCUT2D eigenvalue weighted by molar-refractivity contribution is -0.142. The monoisotopic (exact) mass is 320 g/mol. The number of hydrogen-bond acceptors (Lipinski definition) is 4. The Bertz CT molecular complexity index is 506. The number of esters is 1. The minimum atomic E-state index is -0.150. The molecule has 0 radical (unpaired) electrons. The number of ether oxygens (including phenoxy) is 2. The molecule has 128 valence electrons. The maximum atomic E-state index is 11.6. The topological polar surface area (TPSA) is 55.8 Å². The van der Waals surface area contributed by atoms with E-state index in [1.807, 2.05) is 6.08 Å². The van der Waals surface area contributed by atoms with Gasteiger partial charge in [0.25, 0.3) is 0 Å². The molecule has 0 saturated carbocycles. The minimum Gasteiger partial charge on any atom is -0.504 e. The third-order valence-corrected chi connectivity index (χ3v) is 3.52. The molecule has 1 N–H and O–H groups in total. The number of phenols is 1. The van der Waals surface area contributed by atoms with Crippen LogP contribution in [0.3, 0.4) is 0 Å². The molecule has 1 rings (SSSR count). The Labute approximate surface area is 139 Å². The summed E-state index contributed by atoms with van der Waals surface area (Å²) in [6.45, 7) is 4.68. The predicted molar refractivity (Wildman–Crippen MR) is 92.6 cm³/mol. The zero-order chi connectivity index (χ0) is 17.1. The second-order valence-electron chi connectivity index (χ2n) is 6.01. The molecule has 0 aliphatic rings. The van der Waals surface area contributed by atoms with Crippen molar-refractivity contribution in [3.63, 3.8) is 0 Å². The Morgan fingerprint density at radius 2 is 2.04 bits per heavy atom. The number of rotatable bonds is 10. The SMILES string of the molecule is COc1cc(/C=C/COC(=O)CCCCCC(C)C)ccc1O. The second kappa shape index (κ2) is 10.7. The van der Waals surface area contributed by atoms with E-state index < -0.39 is 0 Å². The van der Waals surface area contributed by atoms with E-state index >= 15 is 0 Å². The van der Waals surface area contributed by atoms with Crippen LogP contribution < -0.4 is 4.74 Å². The lowest BCUT2D eigenvalue weighted by Gasteiger charge is -2.05. The number of carbonyl (C=O) groups is 1. The molecule has 0 heterocycles. The van der Waals surface area contributed by atoms with Crippen molar-refractivity contribution in [3.8, 4) is 11.5 Å². The van der Waals surface area contributed by atoms with Crippen molar-refractivity contribution in [1.29, 1.82) is 0 Å². The fourth-order valence-corrected chi connectivity index (χ4v) is 2.19.